The van der Waals surface area contributed by atoms with E-state index in [1.54, 1.807) is 7.11 Å². The summed E-state index contributed by atoms with van der Waals surface area (Å²) in [5.41, 5.74) is 2.15. The van der Waals surface area contributed by atoms with Crippen LogP contribution in [0.5, 0.6) is 5.75 Å². The summed E-state index contributed by atoms with van der Waals surface area (Å²) in [6.07, 6.45) is 5.02. The topological polar surface area (TPSA) is 39.1 Å². The van der Waals surface area contributed by atoms with Crippen molar-refractivity contribution in [1.29, 1.82) is 0 Å². The Kier molecular flexibility index (Phi) is 5.65. The zero-order valence-corrected chi connectivity index (χ0v) is 13.5. The lowest BCUT2D eigenvalue weighted by atomic mass is 10.0. The molecule has 0 radical (unpaired) electrons. The lowest BCUT2D eigenvalue weighted by Gasteiger charge is -2.20. The minimum absolute atomic E-state index is 0.0268. The Morgan fingerprint density at radius 1 is 1.38 bits per heavy atom. The standard InChI is InChI=1S/C16H22ClN3O/c1-4-8-18-16(12-10-19-20(5-2)11-12)14-9-13(17)6-7-15(14)21-3/h6-7,9-11,16,18H,4-5,8H2,1-3H3. The van der Waals surface area contributed by atoms with Crippen LogP contribution in [-0.2, 0) is 6.54 Å². The van der Waals surface area contributed by atoms with E-state index in [2.05, 4.69) is 30.5 Å². The quantitative estimate of drug-likeness (QED) is 0.848. The fraction of sp³-hybridized carbons (Fsp3) is 0.438. The average molecular weight is 308 g/mol. The minimum Gasteiger partial charge on any atom is -0.496 e. The summed E-state index contributed by atoms with van der Waals surface area (Å²) in [5.74, 6) is 0.831. The molecule has 0 bridgehead atoms. The fourth-order valence-corrected chi connectivity index (χ4v) is 2.51. The van der Waals surface area contributed by atoms with E-state index < -0.39 is 0 Å². The molecular formula is C16H22ClN3O. The maximum absolute atomic E-state index is 6.17. The molecule has 1 aromatic heterocycles. The van der Waals surface area contributed by atoms with Crippen molar-refractivity contribution >= 4 is 11.6 Å². The third kappa shape index (κ3) is 3.77. The van der Waals surface area contributed by atoms with E-state index in [0.717, 1.165) is 36.4 Å². The van der Waals surface area contributed by atoms with Crippen molar-refractivity contribution in [2.45, 2.75) is 32.9 Å². The van der Waals surface area contributed by atoms with Gasteiger partial charge in [-0.15, -0.1) is 0 Å². The summed E-state index contributed by atoms with van der Waals surface area (Å²) in [5, 5.41) is 8.62. The van der Waals surface area contributed by atoms with Gasteiger partial charge in [0.1, 0.15) is 5.75 Å². The van der Waals surface area contributed by atoms with Gasteiger partial charge in [-0.3, -0.25) is 4.68 Å². The van der Waals surface area contributed by atoms with Crippen LogP contribution in [0.15, 0.2) is 30.6 Å². The van der Waals surface area contributed by atoms with Crippen LogP contribution in [0.1, 0.15) is 37.4 Å². The molecule has 1 aromatic carbocycles. The van der Waals surface area contributed by atoms with Crippen LogP contribution in [0, 0.1) is 0 Å². The number of benzene rings is 1. The number of halogens is 1. The summed E-state index contributed by atoms with van der Waals surface area (Å²) in [4.78, 5) is 0. The Morgan fingerprint density at radius 3 is 2.81 bits per heavy atom. The molecule has 0 aliphatic rings. The Labute approximate surface area is 131 Å². The van der Waals surface area contributed by atoms with Gasteiger partial charge in [0, 0.05) is 28.9 Å². The normalized spacial score (nSPS) is 12.4. The Bertz CT molecular complexity index is 583. The van der Waals surface area contributed by atoms with Crippen LogP contribution < -0.4 is 10.1 Å². The van der Waals surface area contributed by atoms with Crippen molar-refractivity contribution in [2.75, 3.05) is 13.7 Å². The van der Waals surface area contributed by atoms with Gasteiger partial charge in [0.15, 0.2) is 0 Å². The first-order chi connectivity index (χ1) is 10.2. The molecule has 1 heterocycles. The van der Waals surface area contributed by atoms with Gasteiger partial charge in [-0.2, -0.15) is 5.10 Å². The van der Waals surface area contributed by atoms with E-state index in [0.29, 0.717) is 5.02 Å². The van der Waals surface area contributed by atoms with Crippen molar-refractivity contribution in [2.24, 2.45) is 0 Å². The van der Waals surface area contributed by atoms with E-state index in [9.17, 15) is 0 Å². The molecule has 21 heavy (non-hydrogen) atoms. The van der Waals surface area contributed by atoms with Gasteiger partial charge in [0.05, 0.1) is 19.3 Å². The maximum Gasteiger partial charge on any atom is 0.124 e. The highest BCUT2D eigenvalue weighted by molar-refractivity contribution is 6.30. The minimum atomic E-state index is 0.0268. The fourth-order valence-electron chi connectivity index (χ4n) is 2.33. The Hall–Kier alpha value is -1.52. The number of aromatic nitrogens is 2. The smallest absolute Gasteiger partial charge is 0.124 e. The van der Waals surface area contributed by atoms with E-state index >= 15 is 0 Å². The molecule has 4 nitrogen and oxygen atoms in total. The molecule has 1 atom stereocenters. The molecular weight excluding hydrogens is 286 g/mol. The number of aryl methyl sites for hydroxylation is 1. The second-order valence-corrected chi connectivity index (χ2v) is 5.34. The monoisotopic (exact) mass is 307 g/mol. The largest absolute Gasteiger partial charge is 0.496 e. The molecule has 1 unspecified atom stereocenters. The highest BCUT2D eigenvalue weighted by Gasteiger charge is 2.19. The molecule has 0 saturated heterocycles. The first-order valence-corrected chi connectivity index (χ1v) is 7.66. The summed E-state index contributed by atoms with van der Waals surface area (Å²) >= 11 is 6.17. The van der Waals surface area contributed by atoms with E-state index in [4.69, 9.17) is 16.3 Å². The highest BCUT2D eigenvalue weighted by Crippen LogP contribution is 2.32. The van der Waals surface area contributed by atoms with Crippen LogP contribution in [0.25, 0.3) is 0 Å². The first kappa shape index (κ1) is 15.9. The second kappa shape index (κ2) is 7.48. The van der Waals surface area contributed by atoms with Crippen molar-refractivity contribution < 1.29 is 4.74 Å². The predicted molar refractivity (Wildman–Crippen MR) is 86.0 cm³/mol. The second-order valence-electron chi connectivity index (χ2n) is 4.90. The number of hydrogen-bond acceptors (Lipinski definition) is 3. The lowest BCUT2D eigenvalue weighted by Crippen LogP contribution is -2.23. The van der Waals surface area contributed by atoms with E-state index in [1.165, 1.54) is 0 Å². The summed E-state index contributed by atoms with van der Waals surface area (Å²) < 4.78 is 7.41. The molecule has 0 aliphatic carbocycles. The van der Waals surface area contributed by atoms with Gasteiger partial charge in [0.2, 0.25) is 0 Å². The third-order valence-corrected chi connectivity index (χ3v) is 3.65. The number of rotatable bonds is 7. The molecule has 1 N–H and O–H groups in total. The molecule has 0 spiro atoms. The summed E-state index contributed by atoms with van der Waals surface area (Å²) in [6, 6.07) is 5.73. The van der Waals surface area contributed by atoms with E-state index in [1.807, 2.05) is 29.1 Å². The Morgan fingerprint density at radius 2 is 2.19 bits per heavy atom. The van der Waals surface area contributed by atoms with Crippen molar-refractivity contribution in [3.63, 3.8) is 0 Å². The van der Waals surface area contributed by atoms with Crippen molar-refractivity contribution in [3.8, 4) is 5.75 Å². The van der Waals surface area contributed by atoms with Gasteiger partial charge >= 0.3 is 0 Å². The van der Waals surface area contributed by atoms with Crippen LogP contribution in [-0.4, -0.2) is 23.4 Å². The van der Waals surface area contributed by atoms with Gasteiger partial charge in [-0.25, -0.2) is 0 Å². The van der Waals surface area contributed by atoms with Gasteiger partial charge in [-0.1, -0.05) is 18.5 Å². The molecule has 0 saturated carbocycles. The van der Waals surface area contributed by atoms with E-state index in [-0.39, 0.29) is 6.04 Å². The van der Waals surface area contributed by atoms with Crippen LogP contribution in [0.3, 0.4) is 0 Å². The zero-order chi connectivity index (χ0) is 15.2. The maximum atomic E-state index is 6.17. The number of nitrogens with zero attached hydrogens (tertiary/aromatic N) is 2. The highest BCUT2D eigenvalue weighted by atomic mass is 35.5. The molecule has 114 valence electrons. The molecule has 0 fully saturated rings. The van der Waals surface area contributed by atoms with Gasteiger partial charge < -0.3 is 10.1 Å². The van der Waals surface area contributed by atoms with Crippen LogP contribution in [0.2, 0.25) is 5.02 Å². The summed E-state index contributed by atoms with van der Waals surface area (Å²) in [7, 11) is 1.68. The third-order valence-electron chi connectivity index (χ3n) is 3.41. The zero-order valence-electron chi connectivity index (χ0n) is 12.8. The number of hydrogen-bond donors (Lipinski definition) is 1. The number of nitrogens with one attached hydrogen (secondary N) is 1. The number of ether oxygens (including phenoxy) is 1. The SMILES string of the molecule is CCCNC(c1cnn(CC)c1)c1cc(Cl)ccc1OC. The molecule has 5 heteroatoms. The predicted octanol–water partition coefficient (Wildman–Crippen LogP) is 3.65. The van der Waals surface area contributed by atoms with Crippen molar-refractivity contribution in [1.82, 2.24) is 15.1 Å². The molecule has 0 amide bonds. The Balaban J connectivity index is 2.41. The first-order valence-electron chi connectivity index (χ1n) is 7.28. The number of methoxy groups -OCH3 is 1. The average Bonchev–Trinajstić information content (AvgIpc) is 2.97. The molecule has 2 aromatic rings. The van der Waals surface area contributed by atoms with Crippen LogP contribution in [0.4, 0.5) is 0 Å². The summed E-state index contributed by atoms with van der Waals surface area (Å²) in [6.45, 7) is 5.99. The van der Waals surface area contributed by atoms with Gasteiger partial charge in [0.25, 0.3) is 0 Å². The molecule has 2 rings (SSSR count). The van der Waals surface area contributed by atoms with Crippen molar-refractivity contribution in [3.05, 3.63) is 46.7 Å². The van der Waals surface area contributed by atoms with Crippen LogP contribution >= 0.6 is 11.6 Å². The van der Waals surface area contributed by atoms with Gasteiger partial charge in [-0.05, 0) is 38.1 Å². The lowest BCUT2D eigenvalue weighted by molar-refractivity contribution is 0.404. The molecule has 0 aliphatic heterocycles.